The van der Waals surface area contributed by atoms with Crippen molar-refractivity contribution in [3.05, 3.63) is 35.9 Å². The molecule has 2 fully saturated rings. The molecule has 2 atom stereocenters. The molecule has 2 saturated heterocycles. The molecule has 0 bridgehead atoms. The molecule has 0 unspecified atom stereocenters. The number of nitrogens with zero attached hydrogens (tertiary/aromatic N) is 2. The first-order valence-corrected chi connectivity index (χ1v) is 9.15. The van der Waals surface area contributed by atoms with Crippen LogP contribution in [0, 0.1) is 11.8 Å². The Morgan fingerprint density at radius 3 is 2.54 bits per heavy atom. The van der Waals surface area contributed by atoms with E-state index < -0.39 is 5.60 Å². The van der Waals surface area contributed by atoms with Crippen LogP contribution in [0.15, 0.2) is 30.3 Å². The molecule has 4 nitrogen and oxygen atoms in total. The summed E-state index contributed by atoms with van der Waals surface area (Å²) < 4.78 is 5.55. The lowest BCUT2D eigenvalue weighted by Gasteiger charge is -2.26. The molecule has 2 aliphatic heterocycles. The minimum atomic E-state index is -0.416. The van der Waals surface area contributed by atoms with Crippen LogP contribution >= 0.6 is 0 Å². The third kappa shape index (κ3) is 4.50. The zero-order chi connectivity index (χ0) is 17.2. The fraction of sp³-hybridized carbons (Fsp3) is 0.650. The Kier molecular flexibility index (Phi) is 5.14. The molecule has 0 N–H and O–H groups in total. The number of hydrogen-bond acceptors (Lipinski definition) is 3. The largest absolute Gasteiger partial charge is 0.444 e. The second-order valence-corrected chi connectivity index (χ2v) is 8.27. The van der Waals surface area contributed by atoms with Crippen LogP contribution in [-0.2, 0) is 11.3 Å². The van der Waals surface area contributed by atoms with Gasteiger partial charge in [0.2, 0.25) is 0 Å². The Bertz CT molecular complexity index is 553. The molecule has 4 heteroatoms. The molecule has 2 heterocycles. The van der Waals surface area contributed by atoms with Crippen LogP contribution in [0.3, 0.4) is 0 Å². The van der Waals surface area contributed by atoms with Crippen LogP contribution in [0.2, 0.25) is 0 Å². The van der Waals surface area contributed by atoms with E-state index in [4.69, 9.17) is 4.74 Å². The van der Waals surface area contributed by atoms with E-state index in [9.17, 15) is 4.79 Å². The van der Waals surface area contributed by atoms with Crippen molar-refractivity contribution in [3.8, 4) is 0 Å². The van der Waals surface area contributed by atoms with E-state index in [0.717, 1.165) is 32.7 Å². The zero-order valence-electron chi connectivity index (χ0n) is 15.2. The highest BCUT2D eigenvalue weighted by Crippen LogP contribution is 2.32. The smallest absolute Gasteiger partial charge is 0.410 e. The van der Waals surface area contributed by atoms with Crippen LogP contribution in [0.4, 0.5) is 4.79 Å². The van der Waals surface area contributed by atoms with Crippen molar-refractivity contribution in [2.75, 3.05) is 26.2 Å². The summed E-state index contributed by atoms with van der Waals surface area (Å²) in [5.74, 6) is 1.20. The van der Waals surface area contributed by atoms with Crippen molar-refractivity contribution in [3.63, 3.8) is 0 Å². The molecule has 1 amide bonds. The lowest BCUT2D eigenvalue weighted by atomic mass is 9.93. The van der Waals surface area contributed by atoms with Gasteiger partial charge in [-0.15, -0.1) is 0 Å². The number of fused-ring (bicyclic) bond motifs is 1. The van der Waals surface area contributed by atoms with Gasteiger partial charge in [-0.05, 0) is 57.6 Å². The SMILES string of the molecule is CC(C)(C)OC(=O)N1C[C@H]2CCCN(Cc3ccccc3)C[C@H]2C1. The molecule has 1 aromatic rings. The van der Waals surface area contributed by atoms with Gasteiger partial charge >= 0.3 is 6.09 Å². The minimum Gasteiger partial charge on any atom is -0.444 e. The minimum absolute atomic E-state index is 0.148. The third-order valence-corrected chi connectivity index (χ3v) is 5.02. The standard InChI is InChI=1S/C20H30N2O2/c1-20(2,3)24-19(23)22-14-17-10-7-11-21(13-18(17)15-22)12-16-8-5-4-6-9-16/h4-6,8-9,17-18H,7,10-15H2,1-3H3/t17-,18+/m1/s1. The number of hydrogen-bond donors (Lipinski definition) is 0. The molecule has 0 aromatic heterocycles. The summed E-state index contributed by atoms with van der Waals surface area (Å²) in [6.45, 7) is 10.7. The van der Waals surface area contributed by atoms with E-state index in [1.807, 2.05) is 25.7 Å². The van der Waals surface area contributed by atoms with Crippen molar-refractivity contribution >= 4 is 6.09 Å². The van der Waals surface area contributed by atoms with Crippen molar-refractivity contribution in [1.29, 1.82) is 0 Å². The van der Waals surface area contributed by atoms with E-state index in [-0.39, 0.29) is 6.09 Å². The Balaban J connectivity index is 1.59. The van der Waals surface area contributed by atoms with E-state index >= 15 is 0 Å². The van der Waals surface area contributed by atoms with Crippen LogP contribution < -0.4 is 0 Å². The van der Waals surface area contributed by atoms with Gasteiger partial charge in [0.25, 0.3) is 0 Å². The quantitative estimate of drug-likeness (QED) is 0.827. The summed E-state index contributed by atoms with van der Waals surface area (Å²) in [6, 6.07) is 10.7. The Morgan fingerprint density at radius 1 is 1.12 bits per heavy atom. The number of benzene rings is 1. The van der Waals surface area contributed by atoms with E-state index in [1.165, 1.54) is 18.4 Å². The first kappa shape index (κ1) is 17.3. The second-order valence-electron chi connectivity index (χ2n) is 8.27. The van der Waals surface area contributed by atoms with Crippen LogP contribution in [-0.4, -0.2) is 47.7 Å². The predicted octanol–water partition coefficient (Wildman–Crippen LogP) is 3.77. The fourth-order valence-corrected chi connectivity index (χ4v) is 3.93. The van der Waals surface area contributed by atoms with Crippen LogP contribution in [0.5, 0.6) is 0 Å². The van der Waals surface area contributed by atoms with E-state index in [0.29, 0.717) is 11.8 Å². The average molecular weight is 330 g/mol. The van der Waals surface area contributed by atoms with Crippen molar-refractivity contribution < 1.29 is 9.53 Å². The molecule has 3 rings (SSSR count). The summed E-state index contributed by atoms with van der Waals surface area (Å²) in [5, 5.41) is 0. The molecular formula is C20H30N2O2. The van der Waals surface area contributed by atoms with Gasteiger partial charge in [0.05, 0.1) is 0 Å². The number of likely N-dealkylation sites (tertiary alicyclic amines) is 2. The number of ether oxygens (including phenoxy) is 1. The monoisotopic (exact) mass is 330 g/mol. The highest BCUT2D eigenvalue weighted by molar-refractivity contribution is 5.68. The maximum Gasteiger partial charge on any atom is 0.410 e. The molecule has 1 aromatic carbocycles. The van der Waals surface area contributed by atoms with Gasteiger partial charge in [0, 0.05) is 26.2 Å². The average Bonchev–Trinajstić information content (AvgIpc) is 2.81. The maximum atomic E-state index is 12.4. The van der Waals surface area contributed by atoms with E-state index in [1.54, 1.807) is 0 Å². The predicted molar refractivity (Wildman–Crippen MR) is 95.7 cm³/mol. The normalized spacial score (nSPS) is 25.2. The van der Waals surface area contributed by atoms with Crippen molar-refractivity contribution in [2.24, 2.45) is 11.8 Å². The second kappa shape index (κ2) is 7.14. The number of carbonyl (C=O) groups excluding carboxylic acids is 1. The molecule has 2 aliphatic rings. The molecule has 0 saturated carbocycles. The number of rotatable bonds is 2. The van der Waals surface area contributed by atoms with Gasteiger partial charge in [-0.1, -0.05) is 30.3 Å². The Hall–Kier alpha value is -1.55. The molecule has 0 spiro atoms. The van der Waals surface area contributed by atoms with Crippen molar-refractivity contribution in [2.45, 2.75) is 45.8 Å². The van der Waals surface area contributed by atoms with Crippen LogP contribution in [0.25, 0.3) is 0 Å². The van der Waals surface area contributed by atoms with Crippen molar-refractivity contribution in [1.82, 2.24) is 9.80 Å². The summed E-state index contributed by atoms with van der Waals surface area (Å²) >= 11 is 0. The molecule has 24 heavy (non-hydrogen) atoms. The molecule has 0 radical (unpaired) electrons. The summed E-state index contributed by atoms with van der Waals surface area (Å²) in [7, 11) is 0. The first-order chi connectivity index (χ1) is 11.4. The Labute approximate surface area is 145 Å². The third-order valence-electron chi connectivity index (χ3n) is 5.02. The maximum absolute atomic E-state index is 12.4. The Morgan fingerprint density at radius 2 is 1.83 bits per heavy atom. The molecule has 0 aliphatic carbocycles. The highest BCUT2D eigenvalue weighted by Gasteiger charge is 2.38. The van der Waals surface area contributed by atoms with Gasteiger partial charge in [-0.25, -0.2) is 4.79 Å². The van der Waals surface area contributed by atoms with Gasteiger partial charge < -0.3 is 9.64 Å². The fourth-order valence-electron chi connectivity index (χ4n) is 3.93. The lowest BCUT2D eigenvalue weighted by molar-refractivity contribution is 0.0279. The highest BCUT2D eigenvalue weighted by atomic mass is 16.6. The number of amides is 1. The summed E-state index contributed by atoms with van der Waals surface area (Å²) in [5.41, 5.74) is 0.958. The van der Waals surface area contributed by atoms with Gasteiger partial charge in [-0.2, -0.15) is 0 Å². The number of carbonyl (C=O) groups is 1. The first-order valence-electron chi connectivity index (χ1n) is 9.15. The molecular weight excluding hydrogens is 300 g/mol. The lowest BCUT2D eigenvalue weighted by Crippen LogP contribution is -2.36. The van der Waals surface area contributed by atoms with Gasteiger partial charge in [0.15, 0.2) is 0 Å². The zero-order valence-corrected chi connectivity index (χ0v) is 15.2. The van der Waals surface area contributed by atoms with Crippen LogP contribution in [0.1, 0.15) is 39.2 Å². The molecule has 132 valence electrons. The van der Waals surface area contributed by atoms with Gasteiger partial charge in [-0.3, -0.25) is 4.90 Å². The summed E-state index contributed by atoms with van der Waals surface area (Å²) in [6.07, 6.45) is 2.29. The summed E-state index contributed by atoms with van der Waals surface area (Å²) in [4.78, 5) is 16.8. The van der Waals surface area contributed by atoms with Gasteiger partial charge in [0.1, 0.15) is 5.60 Å². The topological polar surface area (TPSA) is 32.8 Å². The van der Waals surface area contributed by atoms with E-state index in [2.05, 4.69) is 35.2 Å².